The van der Waals surface area contributed by atoms with Gasteiger partial charge in [0.2, 0.25) is 0 Å². The second-order valence-corrected chi connectivity index (χ2v) is 3.68. The van der Waals surface area contributed by atoms with Gasteiger partial charge in [-0.15, -0.1) is 0 Å². The van der Waals surface area contributed by atoms with E-state index < -0.39 is 0 Å². The highest BCUT2D eigenvalue weighted by Gasteiger charge is 2.03. The van der Waals surface area contributed by atoms with Gasteiger partial charge in [0, 0.05) is 36.2 Å². The number of aromatic nitrogens is 3. The zero-order valence-corrected chi connectivity index (χ0v) is 9.04. The number of nitrogens with two attached hydrogens (primary N) is 1. The Morgan fingerprint density at radius 1 is 1.12 bits per heavy atom. The van der Waals surface area contributed by atoms with Crippen molar-refractivity contribution in [2.75, 3.05) is 11.1 Å². The van der Waals surface area contributed by atoms with Gasteiger partial charge in [-0.25, -0.2) is 9.97 Å². The molecule has 0 radical (unpaired) electrons. The highest BCUT2D eigenvalue weighted by molar-refractivity contribution is 5.71. The molecule has 1 aromatic carbocycles. The van der Waals surface area contributed by atoms with Crippen LogP contribution in [0.3, 0.4) is 0 Å². The normalized spacial score (nSPS) is 10.6. The van der Waals surface area contributed by atoms with Crippen molar-refractivity contribution in [1.82, 2.24) is 14.4 Å². The number of rotatable bonds is 2. The molecule has 3 rings (SSSR count). The van der Waals surface area contributed by atoms with Crippen LogP contribution < -0.4 is 11.1 Å². The maximum absolute atomic E-state index is 5.72. The van der Waals surface area contributed by atoms with Gasteiger partial charge in [-0.3, -0.25) is 0 Å². The molecule has 0 aliphatic carbocycles. The number of nitrogens with zero attached hydrogens (tertiary/aromatic N) is 3. The zero-order valence-electron chi connectivity index (χ0n) is 9.04. The molecule has 0 aliphatic rings. The minimum atomic E-state index is 0.711. The van der Waals surface area contributed by atoms with Crippen molar-refractivity contribution in [3.8, 4) is 0 Å². The van der Waals surface area contributed by atoms with Gasteiger partial charge in [0.1, 0.15) is 0 Å². The second-order valence-electron chi connectivity index (χ2n) is 3.68. The smallest absolute Gasteiger partial charge is 0.180 e. The van der Waals surface area contributed by atoms with Gasteiger partial charge in [-0.2, -0.15) is 0 Å². The van der Waals surface area contributed by atoms with Crippen molar-refractivity contribution in [3.05, 3.63) is 49.1 Å². The summed E-state index contributed by atoms with van der Waals surface area (Å²) >= 11 is 0. The largest absolute Gasteiger partial charge is 0.399 e. The number of benzene rings is 1. The molecule has 0 fully saturated rings. The van der Waals surface area contributed by atoms with E-state index in [-0.39, 0.29) is 0 Å². The van der Waals surface area contributed by atoms with E-state index in [4.69, 9.17) is 5.73 Å². The molecule has 17 heavy (non-hydrogen) atoms. The minimum Gasteiger partial charge on any atom is -0.399 e. The van der Waals surface area contributed by atoms with Gasteiger partial charge >= 0.3 is 0 Å². The first-order valence-corrected chi connectivity index (χ1v) is 5.23. The molecular weight excluding hydrogens is 214 g/mol. The summed E-state index contributed by atoms with van der Waals surface area (Å²) in [5.41, 5.74) is 8.12. The number of nitrogen functional groups attached to an aromatic ring is 1. The maximum atomic E-state index is 5.72. The first kappa shape index (κ1) is 9.65. The number of imidazole rings is 1. The fourth-order valence-corrected chi connectivity index (χ4v) is 1.70. The van der Waals surface area contributed by atoms with Gasteiger partial charge in [0.05, 0.1) is 0 Å². The molecule has 3 N–H and O–H groups in total. The Morgan fingerprint density at radius 3 is 2.76 bits per heavy atom. The molecule has 0 spiro atoms. The quantitative estimate of drug-likeness (QED) is 0.655. The first-order valence-electron chi connectivity index (χ1n) is 5.23. The molecule has 5 nitrogen and oxygen atoms in total. The molecule has 0 aliphatic heterocycles. The lowest BCUT2D eigenvalue weighted by Crippen LogP contribution is -1.98. The minimum absolute atomic E-state index is 0.711. The first-order chi connectivity index (χ1) is 8.33. The van der Waals surface area contributed by atoms with Crippen LogP contribution in [0.25, 0.3) is 5.65 Å². The molecule has 2 heterocycles. The molecule has 0 unspecified atom stereocenters. The molecule has 2 aromatic heterocycles. The van der Waals surface area contributed by atoms with Crippen LogP contribution in [-0.4, -0.2) is 14.4 Å². The molecular formula is C12H11N5. The fraction of sp³-hybridized carbons (Fsp3) is 0. The Balaban J connectivity index is 2.02. The predicted molar refractivity (Wildman–Crippen MR) is 67.1 cm³/mol. The van der Waals surface area contributed by atoms with E-state index >= 15 is 0 Å². The Kier molecular flexibility index (Phi) is 2.15. The van der Waals surface area contributed by atoms with Crippen LogP contribution in [-0.2, 0) is 0 Å². The van der Waals surface area contributed by atoms with Gasteiger partial charge in [0.25, 0.3) is 0 Å². The third-order valence-electron chi connectivity index (χ3n) is 2.46. The summed E-state index contributed by atoms with van der Waals surface area (Å²) in [6.07, 6.45) is 7.19. The van der Waals surface area contributed by atoms with E-state index in [0.29, 0.717) is 11.5 Å². The highest BCUT2D eigenvalue weighted by atomic mass is 15.1. The Labute approximate surface area is 97.9 Å². The van der Waals surface area contributed by atoms with E-state index in [2.05, 4.69) is 15.3 Å². The number of anilines is 3. The van der Waals surface area contributed by atoms with Gasteiger partial charge in [0.15, 0.2) is 11.5 Å². The van der Waals surface area contributed by atoms with Crippen molar-refractivity contribution >= 4 is 22.8 Å². The monoisotopic (exact) mass is 225 g/mol. The number of fused-ring (bicyclic) bond motifs is 1. The average molecular weight is 225 g/mol. The Bertz CT molecular complexity index is 659. The van der Waals surface area contributed by atoms with Crippen LogP contribution in [0.5, 0.6) is 0 Å². The molecule has 0 atom stereocenters. The second kappa shape index (κ2) is 3.79. The molecule has 84 valence electrons. The Hall–Kier alpha value is -2.56. The lowest BCUT2D eigenvalue weighted by Gasteiger charge is -2.06. The third-order valence-corrected chi connectivity index (χ3v) is 2.46. The van der Waals surface area contributed by atoms with Crippen molar-refractivity contribution in [3.63, 3.8) is 0 Å². The van der Waals surface area contributed by atoms with Crippen molar-refractivity contribution in [1.29, 1.82) is 0 Å². The summed E-state index contributed by atoms with van der Waals surface area (Å²) in [5.74, 6) is 0.711. The molecule has 0 saturated heterocycles. The number of nitrogens with one attached hydrogen (secondary N) is 1. The molecule has 5 heteroatoms. The molecule has 0 saturated carbocycles. The number of hydrogen-bond donors (Lipinski definition) is 2. The summed E-state index contributed by atoms with van der Waals surface area (Å²) in [7, 11) is 0. The van der Waals surface area contributed by atoms with E-state index in [1.807, 2.05) is 41.1 Å². The van der Waals surface area contributed by atoms with E-state index in [9.17, 15) is 0 Å². The van der Waals surface area contributed by atoms with Crippen LogP contribution in [0.4, 0.5) is 17.2 Å². The third kappa shape index (κ3) is 1.78. The van der Waals surface area contributed by atoms with Crippen LogP contribution in [0.15, 0.2) is 49.1 Å². The summed E-state index contributed by atoms with van der Waals surface area (Å²) < 4.78 is 1.90. The van der Waals surface area contributed by atoms with Crippen LogP contribution in [0.1, 0.15) is 0 Å². The van der Waals surface area contributed by atoms with Gasteiger partial charge in [-0.1, -0.05) is 6.07 Å². The molecule has 0 amide bonds. The lowest BCUT2D eigenvalue weighted by atomic mass is 10.3. The number of hydrogen-bond acceptors (Lipinski definition) is 4. The van der Waals surface area contributed by atoms with Crippen LogP contribution in [0, 0.1) is 0 Å². The lowest BCUT2D eigenvalue weighted by molar-refractivity contribution is 1.13. The van der Waals surface area contributed by atoms with E-state index in [1.165, 1.54) is 0 Å². The topological polar surface area (TPSA) is 68.2 Å². The average Bonchev–Trinajstić information content (AvgIpc) is 2.78. The predicted octanol–water partition coefficient (Wildman–Crippen LogP) is 2.06. The fourth-order valence-electron chi connectivity index (χ4n) is 1.70. The summed E-state index contributed by atoms with van der Waals surface area (Å²) in [5, 5.41) is 3.20. The summed E-state index contributed by atoms with van der Waals surface area (Å²) in [6, 6.07) is 7.52. The van der Waals surface area contributed by atoms with Crippen LogP contribution in [0.2, 0.25) is 0 Å². The molecule has 0 bridgehead atoms. The van der Waals surface area contributed by atoms with Crippen molar-refractivity contribution < 1.29 is 0 Å². The van der Waals surface area contributed by atoms with E-state index in [1.54, 1.807) is 12.4 Å². The Morgan fingerprint density at radius 2 is 1.94 bits per heavy atom. The summed E-state index contributed by atoms with van der Waals surface area (Å²) in [6.45, 7) is 0. The van der Waals surface area contributed by atoms with Gasteiger partial charge in [-0.05, 0) is 18.2 Å². The van der Waals surface area contributed by atoms with Gasteiger partial charge < -0.3 is 15.5 Å². The SMILES string of the molecule is Nc1cccc(Nc2nccn3ccnc23)c1. The van der Waals surface area contributed by atoms with Crippen molar-refractivity contribution in [2.45, 2.75) is 0 Å². The maximum Gasteiger partial charge on any atom is 0.180 e. The molecule has 3 aromatic rings. The van der Waals surface area contributed by atoms with E-state index in [0.717, 1.165) is 11.3 Å². The van der Waals surface area contributed by atoms with Crippen molar-refractivity contribution in [2.24, 2.45) is 0 Å². The highest BCUT2D eigenvalue weighted by Crippen LogP contribution is 2.19. The summed E-state index contributed by atoms with van der Waals surface area (Å²) in [4.78, 5) is 8.51. The van der Waals surface area contributed by atoms with Crippen LogP contribution >= 0.6 is 0 Å². The standard InChI is InChI=1S/C12H11N5/c13-9-2-1-3-10(8-9)16-11-12-15-5-7-17(12)6-4-14-11/h1-8H,13H2,(H,14,16). The zero-order chi connectivity index (χ0) is 11.7.